The van der Waals surface area contributed by atoms with Crippen molar-refractivity contribution in [1.82, 2.24) is 0 Å². The lowest BCUT2D eigenvalue weighted by atomic mass is 10.0. The molecule has 0 aliphatic carbocycles. The zero-order valence-electron chi connectivity index (χ0n) is 10.7. The maximum absolute atomic E-state index is 3.83. The molecule has 0 spiro atoms. The second kappa shape index (κ2) is 11.6. The van der Waals surface area contributed by atoms with Crippen molar-refractivity contribution in [2.75, 3.05) is 0 Å². The zero-order chi connectivity index (χ0) is 11.4. The van der Waals surface area contributed by atoms with Crippen LogP contribution in [-0.4, -0.2) is 0 Å². The summed E-state index contributed by atoms with van der Waals surface area (Å²) in [5, 5.41) is 0. The van der Waals surface area contributed by atoms with Crippen LogP contribution in [0.5, 0.6) is 0 Å². The van der Waals surface area contributed by atoms with E-state index in [2.05, 4.69) is 26.5 Å². The van der Waals surface area contributed by atoms with Gasteiger partial charge >= 0.3 is 0 Å². The van der Waals surface area contributed by atoms with Gasteiger partial charge in [0.05, 0.1) is 0 Å². The third-order valence-corrected chi connectivity index (χ3v) is 2.75. The highest BCUT2D eigenvalue weighted by Crippen LogP contribution is 2.15. The van der Waals surface area contributed by atoms with Gasteiger partial charge in [-0.25, -0.2) is 0 Å². The Labute approximate surface area is 96.5 Å². The quantitative estimate of drug-likeness (QED) is 0.321. The summed E-state index contributed by atoms with van der Waals surface area (Å²) in [4.78, 5) is 0. The Hall–Kier alpha value is -0.520. The van der Waals surface area contributed by atoms with Crippen molar-refractivity contribution in [1.29, 1.82) is 0 Å². The summed E-state index contributed by atoms with van der Waals surface area (Å²) in [6, 6.07) is 0. The third-order valence-electron chi connectivity index (χ3n) is 2.75. The van der Waals surface area contributed by atoms with Gasteiger partial charge in [0.2, 0.25) is 0 Å². The van der Waals surface area contributed by atoms with Gasteiger partial charge in [0, 0.05) is 0 Å². The fourth-order valence-corrected chi connectivity index (χ4v) is 1.78. The second-order valence-corrected chi connectivity index (χ2v) is 4.31. The molecule has 0 saturated carbocycles. The predicted octanol–water partition coefficient (Wildman–Crippen LogP) is 5.65. The third kappa shape index (κ3) is 9.78. The Morgan fingerprint density at radius 1 is 1.00 bits per heavy atom. The van der Waals surface area contributed by atoms with Crippen molar-refractivity contribution >= 4 is 0 Å². The number of allylic oxidation sites excluding steroid dienone is 3. The smallest absolute Gasteiger partial charge is 0.0142 e. The molecule has 0 radical (unpaired) electrons. The van der Waals surface area contributed by atoms with Gasteiger partial charge in [0.25, 0.3) is 0 Å². The molecule has 0 unspecified atom stereocenters. The molecule has 0 atom stereocenters. The predicted molar refractivity (Wildman–Crippen MR) is 71.2 cm³/mol. The maximum Gasteiger partial charge on any atom is -0.0142 e. The van der Waals surface area contributed by atoms with Gasteiger partial charge < -0.3 is 0 Å². The Morgan fingerprint density at radius 2 is 1.67 bits per heavy atom. The molecule has 0 heteroatoms. The number of unbranched alkanes of at least 4 members (excludes halogenated alkanes) is 5. The summed E-state index contributed by atoms with van der Waals surface area (Å²) in [5.74, 6) is 0. The van der Waals surface area contributed by atoms with E-state index in [1.54, 1.807) is 5.57 Å². The Balaban J connectivity index is 3.73. The van der Waals surface area contributed by atoms with Crippen LogP contribution in [0, 0.1) is 0 Å². The van der Waals surface area contributed by atoms with Crippen LogP contribution in [0.3, 0.4) is 0 Å². The van der Waals surface area contributed by atoms with E-state index in [9.17, 15) is 0 Å². The average Bonchev–Trinajstić information content (AvgIpc) is 2.24. The van der Waals surface area contributed by atoms with Gasteiger partial charge in [-0.2, -0.15) is 0 Å². The van der Waals surface area contributed by atoms with E-state index in [-0.39, 0.29) is 0 Å². The van der Waals surface area contributed by atoms with Crippen LogP contribution in [0.15, 0.2) is 24.3 Å². The molecule has 0 saturated heterocycles. The molecular formula is C15H28. The van der Waals surface area contributed by atoms with Crippen LogP contribution in [0.4, 0.5) is 0 Å². The Morgan fingerprint density at radius 3 is 2.27 bits per heavy atom. The fourth-order valence-electron chi connectivity index (χ4n) is 1.78. The van der Waals surface area contributed by atoms with Crippen molar-refractivity contribution in [3.63, 3.8) is 0 Å². The molecule has 0 aromatic heterocycles. The summed E-state index contributed by atoms with van der Waals surface area (Å²) in [6.45, 7) is 8.35. The largest absolute Gasteiger partial charge is 0.103 e. The van der Waals surface area contributed by atoms with E-state index in [0.29, 0.717) is 0 Å². The standard InChI is InChI=1S/C15H28/c1-4-7-9-11-14-15(12-6-3)13-10-8-5-2/h6,14H,3-5,7-13H2,1-2H3/b15-14-. The molecule has 88 valence electrons. The molecule has 0 amide bonds. The summed E-state index contributed by atoms with van der Waals surface area (Å²) in [5.41, 5.74) is 1.61. The molecule has 0 N–H and O–H groups in total. The van der Waals surface area contributed by atoms with E-state index in [1.165, 1.54) is 51.4 Å². The van der Waals surface area contributed by atoms with E-state index in [0.717, 1.165) is 6.42 Å². The summed E-state index contributed by atoms with van der Waals surface area (Å²) in [6.07, 6.45) is 16.2. The van der Waals surface area contributed by atoms with E-state index in [1.807, 2.05) is 6.08 Å². The van der Waals surface area contributed by atoms with Crippen molar-refractivity contribution in [2.45, 2.75) is 71.6 Å². The van der Waals surface area contributed by atoms with Crippen LogP contribution in [0.1, 0.15) is 71.6 Å². The molecule has 0 aliphatic rings. The first-order chi connectivity index (χ1) is 7.35. The van der Waals surface area contributed by atoms with Gasteiger partial charge in [-0.05, 0) is 32.1 Å². The van der Waals surface area contributed by atoms with Crippen LogP contribution < -0.4 is 0 Å². The highest BCUT2D eigenvalue weighted by Gasteiger charge is 1.95. The van der Waals surface area contributed by atoms with E-state index < -0.39 is 0 Å². The number of hydrogen-bond acceptors (Lipinski definition) is 0. The van der Waals surface area contributed by atoms with Gasteiger partial charge in [0.15, 0.2) is 0 Å². The lowest BCUT2D eigenvalue weighted by Gasteiger charge is -2.04. The first-order valence-corrected chi connectivity index (χ1v) is 6.63. The molecule has 0 aromatic carbocycles. The molecule has 0 aromatic rings. The SMILES string of the molecule is C=CC/C(=C/CCCCC)CCCCC. The zero-order valence-corrected chi connectivity index (χ0v) is 10.7. The van der Waals surface area contributed by atoms with Crippen molar-refractivity contribution in [2.24, 2.45) is 0 Å². The van der Waals surface area contributed by atoms with Crippen molar-refractivity contribution in [3.8, 4) is 0 Å². The fraction of sp³-hybridized carbons (Fsp3) is 0.733. The average molecular weight is 208 g/mol. The normalized spacial score (nSPS) is 11.7. The highest BCUT2D eigenvalue weighted by atomic mass is 14.0. The molecular weight excluding hydrogens is 180 g/mol. The Kier molecular flexibility index (Phi) is 11.2. The minimum absolute atomic E-state index is 1.09. The van der Waals surface area contributed by atoms with Crippen LogP contribution in [0.25, 0.3) is 0 Å². The summed E-state index contributed by atoms with van der Waals surface area (Å²) >= 11 is 0. The van der Waals surface area contributed by atoms with E-state index >= 15 is 0 Å². The number of rotatable bonds is 10. The monoisotopic (exact) mass is 208 g/mol. The number of hydrogen-bond donors (Lipinski definition) is 0. The van der Waals surface area contributed by atoms with Crippen LogP contribution in [0.2, 0.25) is 0 Å². The molecule has 0 bridgehead atoms. The molecule has 0 rings (SSSR count). The van der Waals surface area contributed by atoms with Crippen molar-refractivity contribution in [3.05, 3.63) is 24.3 Å². The van der Waals surface area contributed by atoms with Crippen molar-refractivity contribution < 1.29 is 0 Å². The second-order valence-electron chi connectivity index (χ2n) is 4.31. The summed E-state index contributed by atoms with van der Waals surface area (Å²) in [7, 11) is 0. The van der Waals surface area contributed by atoms with Gasteiger partial charge in [-0.15, -0.1) is 6.58 Å². The minimum atomic E-state index is 1.09. The van der Waals surface area contributed by atoms with Gasteiger partial charge in [0.1, 0.15) is 0 Å². The van der Waals surface area contributed by atoms with E-state index in [4.69, 9.17) is 0 Å². The topological polar surface area (TPSA) is 0 Å². The highest BCUT2D eigenvalue weighted by molar-refractivity contribution is 5.06. The van der Waals surface area contributed by atoms with Crippen LogP contribution >= 0.6 is 0 Å². The molecule has 0 nitrogen and oxygen atoms in total. The van der Waals surface area contributed by atoms with Crippen LogP contribution in [-0.2, 0) is 0 Å². The lowest BCUT2D eigenvalue weighted by Crippen LogP contribution is -1.84. The lowest BCUT2D eigenvalue weighted by molar-refractivity contribution is 0.694. The summed E-state index contributed by atoms with van der Waals surface area (Å²) < 4.78 is 0. The Bertz CT molecular complexity index is 165. The van der Waals surface area contributed by atoms with Gasteiger partial charge in [-0.1, -0.05) is 57.3 Å². The minimum Gasteiger partial charge on any atom is -0.103 e. The molecule has 0 fully saturated rings. The molecule has 0 heterocycles. The molecule has 0 aliphatic heterocycles. The van der Waals surface area contributed by atoms with Gasteiger partial charge in [-0.3, -0.25) is 0 Å². The first kappa shape index (κ1) is 14.5. The first-order valence-electron chi connectivity index (χ1n) is 6.63. The molecule has 15 heavy (non-hydrogen) atoms. The maximum atomic E-state index is 3.83.